The van der Waals surface area contributed by atoms with Crippen LogP contribution in [0.15, 0.2) is 35.2 Å². The van der Waals surface area contributed by atoms with Crippen LogP contribution in [0.25, 0.3) is 0 Å². The fraction of sp³-hybridized carbons (Fsp3) is 0.400. The monoisotopic (exact) mass is 436 g/mol. The number of methoxy groups -OCH3 is 1. The largest absolute Gasteiger partial charge is 0.465 e. The zero-order valence-corrected chi connectivity index (χ0v) is 18.2. The number of ether oxygens (including phenoxy) is 1. The molecule has 0 saturated carbocycles. The van der Waals surface area contributed by atoms with Crippen LogP contribution >= 0.6 is 11.3 Å². The fourth-order valence-electron chi connectivity index (χ4n) is 3.39. The smallest absolute Gasteiger partial charge is 0.341 e. The van der Waals surface area contributed by atoms with Crippen molar-refractivity contribution in [3.8, 4) is 0 Å². The third-order valence-corrected chi connectivity index (χ3v) is 8.15. The van der Waals surface area contributed by atoms with Gasteiger partial charge in [0.25, 0.3) is 0 Å². The van der Waals surface area contributed by atoms with Crippen LogP contribution in [0.2, 0.25) is 0 Å². The SMILES string of the molecule is COC(=O)c1c(NC(=O)C2CCCN(S(=O)(=O)c3ccccc3)C2)sc(C)c1C. The second-order valence-corrected chi connectivity index (χ2v) is 10.1. The summed E-state index contributed by atoms with van der Waals surface area (Å²) in [6.45, 7) is 4.17. The first kappa shape index (κ1) is 21.5. The number of carbonyl (C=O) groups is 2. The number of sulfonamides is 1. The van der Waals surface area contributed by atoms with E-state index in [0.29, 0.717) is 30.0 Å². The molecule has 1 N–H and O–H groups in total. The summed E-state index contributed by atoms with van der Waals surface area (Å²) in [5.41, 5.74) is 1.13. The predicted molar refractivity (Wildman–Crippen MR) is 112 cm³/mol. The number of nitrogens with zero attached hydrogens (tertiary/aromatic N) is 1. The Kier molecular flexibility index (Phi) is 6.40. The summed E-state index contributed by atoms with van der Waals surface area (Å²) in [5, 5.41) is 3.27. The van der Waals surface area contributed by atoms with Crippen LogP contribution in [-0.4, -0.2) is 44.8 Å². The van der Waals surface area contributed by atoms with Crippen LogP contribution < -0.4 is 5.32 Å². The van der Waals surface area contributed by atoms with Crippen molar-refractivity contribution in [3.63, 3.8) is 0 Å². The Labute approximate surface area is 174 Å². The van der Waals surface area contributed by atoms with Crippen molar-refractivity contribution in [2.24, 2.45) is 5.92 Å². The first-order valence-electron chi connectivity index (χ1n) is 9.30. The number of anilines is 1. The maximum absolute atomic E-state index is 12.9. The summed E-state index contributed by atoms with van der Waals surface area (Å²) >= 11 is 1.32. The van der Waals surface area contributed by atoms with E-state index in [2.05, 4.69) is 5.32 Å². The molecule has 9 heteroatoms. The van der Waals surface area contributed by atoms with Gasteiger partial charge in [-0.1, -0.05) is 18.2 Å². The Morgan fingerprint density at radius 2 is 1.90 bits per heavy atom. The molecule has 1 unspecified atom stereocenters. The summed E-state index contributed by atoms with van der Waals surface area (Å²) in [6, 6.07) is 8.22. The van der Waals surface area contributed by atoms with Crippen molar-refractivity contribution in [1.82, 2.24) is 4.31 Å². The van der Waals surface area contributed by atoms with Crippen LogP contribution in [0.4, 0.5) is 5.00 Å². The molecule has 1 atom stereocenters. The van der Waals surface area contributed by atoms with Crippen LogP contribution in [0.5, 0.6) is 0 Å². The van der Waals surface area contributed by atoms with Gasteiger partial charge in [-0.2, -0.15) is 4.31 Å². The number of aryl methyl sites for hydroxylation is 1. The van der Waals surface area contributed by atoms with Gasteiger partial charge in [-0.25, -0.2) is 13.2 Å². The fourth-order valence-corrected chi connectivity index (χ4v) is 5.99. The van der Waals surface area contributed by atoms with E-state index < -0.39 is 21.9 Å². The molecule has 2 aromatic rings. The zero-order chi connectivity index (χ0) is 21.2. The van der Waals surface area contributed by atoms with E-state index in [1.54, 1.807) is 30.3 Å². The Morgan fingerprint density at radius 1 is 1.21 bits per heavy atom. The number of hydrogen-bond donors (Lipinski definition) is 1. The summed E-state index contributed by atoms with van der Waals surface area (Å²) in [5.74, 6) is -1.28. The number of nitrogens with one attached hydrogen (secondary N) is 1. The molecule has 1 aliphatic heterocycles. The van der Waals surface area contributed by atoms with Crippen molar-refractivity contribution in [2.75, 3.05) is 25.5 Å². The standard InChI is InChI=1S/C20H24N2O5S2/c1-13-14(2)28-19(17(13)20(24)27-3)21-18(23)15-8-7-11-22(12-15)29(25,26)16-9-5-4-6-10-16/h4-6,9-10,15H,7-8,11-12H2,1-3H3,(H,21,23). The molecule has 1 fully saturated rings. The molecule has 0 spiro atoms. The van der Waals surface area contributed by atoms with Crippen LogP contribution in [0.3, 0.4) is 0 Å². The lowest BCUT2D eigenvalue weighted by Crippen LogP contribution is -2.43. The molecule has 0 aliphatic carbocycles. The molecule has 29 heavy (non-hydrogen) atoms. The van der Waals surface area contributed by atoms with Crippen molar-refractivity contribution < 1.29 is 22.7 Å². The highest BCUT2D eigenvalue weighted by molar-refractivity contribution is 7.89. The number of thiophene rings is 1. The van der Waals surface area contributed by atoms with E-state index in [-0.39, 0.29) is 17.3 Å². The van der Waals surface area contributed by atoms with E-state index in [1.165, 1.54) is 22.8 Å². The van der Waals surface area contributed by atoms with Gasteiger partial charge in [0.05, 0.1) is 23.5 Å². The highest BCUT2D eigenvalue weighted by Crippen LogP contribution is 2.34. The van der Waals surface area contributed by atoms with Crippen LogP contribution in [-0.2, 0) is 19.6 Å². The van der Waals surface area contributed by atoms with E-state index >= 15 is 0 Å². The maximum Gasteiger partial charge on any atom is 0.341 e. The molecule has 1 saturated heterocycles. The lowest BCUT2D eigenvalue weighted by molar-refractivity contribution is -0.120. The van der Waals surface area contributed by atoms with Gasteiger partial charge < -0.3 is 10.1 Å². The van der Waals surface area contributed by atoms with E-state index in [1.807, 2.05) is 13.8 Å². The van der Waals surface area contributed by atoms with Gasteiger partial charge in [-0.15, -0.1) is 11.3 Å². The molecule has 0 radical (unpaired) electrons. The Balaban J connectivity index is 1.78. The normalized spacial score (nSPS) is 17.7. The van der Waals surface area contributed by atoms with Crippen LogP contribution in [0, 0.1) is 19.8 Å². The van der Waals surface area contributed by atoms with E-state index in [0.717, 1.165) is 10.4 Å². The van der Waals surface area contributed by atoms with Gasteiger partial charge in [-0.3, -0.25) is 4.79 Å². The average Bonchev–Trinajstić information content (AvgIpc) is 3.01. The van der Waals surface area contributed by atoms with Gasteiger partial charge in [-0.05, 0) is 44.4 Å². The number of esters is 1. The van der Waals surface area contributed by atoms with Crippen molar-refractivity contribution >= 4 is 38.2 Å². The number of rotatable bonds is 5. The molecule has 2 heterocycles. The maximum atomic E-state index is 12.9. The van der Waals surface area contributed by atoms with Gasteiger partial charge in [0.15, 0.2) is 0 Å². The van der Waals surface area contributed by atoms with Gasteiger partial charge in [0.1, 0.15) is 5.00 Å². The summed E-state index contributed by atoms with van der Waals surface area (Å²) in [7, 11) is -2.35. The molecule has 1 amide bonds. The number of benzene rings is 1. The van der Waals surface area contributed by atoms with Crippen molar-refractivity contribution in [1.29, 1.82) is 0 Å². The minimum atomic E-state index is -3.65. The van der Waals surface area contributed by atoms with E-state index in [9.17, 15) is 18.0 Å². The number of piperidine rings is 1. The molecular weight excluding hydrogens is 412 g/mol. The molecule has 0 bridgehead atoms. The van der Waals surface area contributed by atoms with Gasteiger partial charge in [0.2, 0.25) is 15.9 Å². The summed E-state index contributed by atoms with van der Waals surface area (Å²) in [4.78, 5) is 26.1. The Hall–Kier alpha value is -2.23. The number of carbonyl (C=O) groups excluding carboxylic acids is 2. The van der Waals surface area contributed by atoms with Crippen molar-refractivity contribution in [2.45, 2.75) is 31.6 Å². The second-order valence-electron chi connectivity index (χ2n) is 6.98. The average molecular weight is 437 g/mol. The van der Waals surface area contributed by atoms with Crippen LogP contribution in [0.1, 0.15) is 33.6 Å². The van der Waals surface area contributed by atoms with Crippen molar-refractivity contribution in [3.05, 3.63) is 46.3 Å². The molecule has 7 nitrogen and oxygen atoms in total. The number of hydrogen-bond acceptors (Lipinski definition) is 6. The van der Waals surface area contributed by atoms with Gasteiger partial charge >= 0.3 is 5.97 Å². The molecule has 3 rings (SSSR count). The zero-order valence-electron chi connectivity index (χ0n) is 16.6. The first-order valence-corrected chi connectivity index (χ1v) is 11.6. The summed E-state index contributed by atoms with van der Waals surface area (Å²) < 4.78 is 32.0. The second kappa shape index (κ2) is 8.64. The lowest BCUT2D eigenvalue weighted by atomic mass is 9.99. The highest BCUT2D eigenvalue weighted by atomic mass is 32.2. The molecular formula is C20H24N2O5S2. The van der Waals surface area contributed by atoms with Gasteiger partial charge in [0, 0.05) is 18.0 Å². The topological polar surface area (TPSA) is 92.8 Å². The first-order chi connectivity index (χ1) is 13.8. The minimum Gasteiger partial charge on any atom is -0.465 e. The third-order valence-electron chi connectivity index (χ3n) is 5.15. The van der Waals surface area contributed by atoms with E-state index in [4.69, 9.17) is 4.74 Å². The quantitative estimate of drug-likeness (QED) is 0.727. The number of amides is 1. The molecule has 1 aromatic heterocycles. The third kappa shape index (κ3) is 4.36. The minimum absolute atomic E-state index is 0.111. The molecule has 1 aromatic carbocycles. The highest BCUT2D eigenvalue weighted by Gasteiger charge is 2.34. The Morgan fingerprint density at radius 3 is 2.55 bits per heavy atom. The summed E-state index contributed by atoms with van der Waals surface area (Å²) in [6.07, 6.45) is 1.18. The molecule has 1 aliphatic rings. The molecule has 156 valence electrons. The Bertz CT molecular complexity index is 1010. The predicted octanol–water partition coefficient (Wildman–Crippen LogP) is 3.19. The lowest BCUT2D eigenvalue weighted by Gasteiger charge is -2.31.